The van der Waals surface area contributed by atoms with Crippen LogP contribution in [0.1, 0.15) is 19.4 Å². The highest BCUT2D eigenvalue weighted by molar-refractivity contribution is 7.98. The van der Waals surface area contributed by atoms with Crippen molar-refractivity contribution in [1.29, 1.82) is 0 Å². The zero-order valence-electron chi connectivity index (χ0n) is 11.9. The van der Waals surface area contributed by atoms with Gasteiger partial charge in [-0.25, -0.2) is 0 Å². The molecular weight excluding hydrogens is 274 g/mol. The molecule has 0 spiro atoms. The molecule has 0 radical (unpaired) electrons. The summed E-state index contributed by atoms with van der Waals surface area (Å²) in [5.41, 5.74) is 7.84. The van der Waals surface area contributed by atoms with Crippen molar-refractivity contribution in [3.05, 3.63) is 23.8 Å². The van der Waals surface area contributed by atoms with E-state index < -0.39 is 0 Å². The van der Waals surface area contributed by atoms with E-state index in [4.69, 9.17) is 18.0 Å². The molecule has 0 fully saturated rings. The lowest BCUT2D eigenvalue weighted by Gasteiger charge is -2.20. The van der Waals surface area contributed by atoms with Crippen LogP contribution in [0.2, 0.25) is 0 Å². The van der Waals surface area contributed by atoms with E-state index in [2.05, 4.69) is 30.1 Å². The third kappa shape index (κ3) is 4.67. The molecule has 1 rings (SSSR count). The highest BCUT2D eigenvalue weighted by Gasteiger charge is 2.10. The van der Waals surface area contributed by atoms with Gasteiger partial charge in [-0.2, -0.15) is 0 Å². The van der Waals surface area contributed by atoms with Gasteiger partial charge in [-0.15, -0.1) is 11.8 Å². The predicted octanol–water partition coefficient (Wildman–Crippen LogP) is 2.80. The molecule has 0 bridgehead atoms. The first kappa shape index (κ1) is 16.3. The lowest BCUT2D eigenvalue weighted by atomic mass is 10.1. The molecule has 0 aliphatic rings. The predicted molar refractivity (Wildman–Crippen MR) is 90.4 cm³/mol. The molecule has 0 atom stereocenters. The average molecular weight is 297 g/mol. The van der Waals surface area contributed by atoms with E-state index in [1.165, 1.54) is 0 Å². The molecule has 106 valence electrons. The van der Waals surface area contributed by atoms with Gasteiger partial charge in [-0.1, -0.05) is 32.1 Å². The Morgan fingerprint density at radius 1 is 1.37 bits per heavy atom. The normalized spacial score (nSPS) is 10.7. The number of hydrogen-bond acceptors (Lipinski definition) is 4. The van der Waals surface area contributed by atoms with Crippen molar-refractivity contribution < 1.29 is 0 Å². The van der Waals surface area contributed by atoms with E-state index in [0.29, 0.717) is 4.99 Å². The van der Waals surface area contributed by atoms with Gasteiger partial charge in [0, 0.05) is 29.2 Å². The van der Waals surface area contributed by atoms with E-state index in [-0.39, 0.29) is 0 Å². The first-order valence-electron chi connectivity index (χ1n) is 6.57. The summed E-state index contributed by atoms with van der Waals surface area (Å²) in [7, 11) is 0. The fraction of sp³-hybridized carbons (Fsp3) is 0.500. The van der Waals surface area contributed by atoms with Crippen molar-refractivity contribution in [2.24, 2.45) is 5.73 Å². The summed E-state index contributed by atoms with van der Waals surface area (Å²) in [4.78, 5) is 3.96. The van der Waals surface area contributed by atoms with Gasteiger partial charge in [-0.05, 0) is 31.5 Å². The minimum atomic E-state index is 0.454. The van der Waals surface area contributed by atoms with Gasteiger partial charge in [0.15, 0.2) is 0 Å². The largest absolute Gasteiger partial charge is 0.389 e. The number of hydrogen-bond donors (Lipinski definition) is 2. The Morgan fingerprint density at radius 2 is 2.05 bits per heavy atom. The van der Waals surface area contributed by atoms with Crippen LogP contribution >= 0.6 is 24.0 Å². The maximum Gasteiger partial charge on any atom is 0.107 e. The lowest BCUT2D eigenvalue weighted by Crippen LogP contribution is -2.29. The van der Waals surface area contributed by atoms with Crippen molar-refractivity contribution in [3.63, 3.8) is 0 Å². The number of thioether (sulfide) groups is 1. The Balaban J connectivity index is 2.75. The van der Waals surface area contributed by atoms with Crippen molar-refractivity contribution in [1.82, 2.24) is 4.90 Å². The van der Waals surface area contributed by atoms with Crippen molar-refractivity contribution in [3.8, 4) is 0 Å². The smallest absolute Gasteiger partial charge is 0.107 e. The molecule has 3 N–H and O–H groups in total. The van der Waals surface area contributed by atoms with Crippen LogP contribution in [0, 0.1) is 0 Å². The van der Waals surface area contributed by atoms with E-state index >= 15 is 0 Å². The number of benzene rings is 1. The first-order valence-corrected chi connectivity index (χ1v) is 8.20. The van der Waals surface area contributed by atoms with E-state index in [9.17, 15) is 0 Å². The van der Waals surface area contributed by atoms with Crippen molar-refractivity contribution in [2.45, 2.75) is 18.7 Å². The third-order valence-corrected chi connectivity index (χ3v) is 4.11. The molecule has 0 heterocycles. The number of rotatable bonds is 8. The van der Waals surface area contributed by atoms with E-state index in [1.807, 2.05) is 18.4 Å². The summed E-state index contributed by atoms with van der Waals surface area (Å²) in [6, 6.07) is 6.12. The molecule has 0 saturated carbocycles. The summed E-state index contributed by atoms with van der Waals surface area (Å²) >= 11 is 6.83. The molecule has 0 saturated heterocycles. The van der Waals surface area contributed by atoms with E-state index in [0.717, 1.165) is 42.3 Å². The van der Waals surface area contributed by atoms with Gasteiger partial charge >= 0.3 is 0 Å². The number of nitrogens with one attached hydrogen (secondary N) is 1. The molecule has 0 amide bonds. The lowest BCUT2D eigenvalue weighted by molar-refractivity contribution is 0.316. The number of nitrogens with zero attached hydrogens (tertiary/aromatic N) is 1. The Morgan fingerprint density at radius 3 is 2.58 bits per heavy atom. The fourth-order valence-electron chi connectivity index (χ4n) is 1.99. The van der Waals surface area contributed by atoms with Gasteiger partial charge < -0.3 is 16.0 Å². The number of nitrogens with two attached hydrogens (primary N) is 1. The molecule has 1 aromatic rings. The molecule has 3 nitrogen and oxygen atoms in total. The van der Waals surface area contributed by atoms with Gasteiger partial charge in [0.2, 0.25) is 0 Å². The molecule has 0 aliphatic heterocycles. The highest BCUT2D eigenvalue weighted by Crippen LogP contribution is 2.26. The Kier molecular flexibility index (Phi) is 7.20. The van der Waals surface area contributed by atoms with Crippen LogP contribution in [0.25, 0.3) is 0 Å². The number of thiocarbonyl (C=S) groups is 1. The minimum Gasteiger partial charge on any atom is -0.389 e. The van der Waals surface area contributed by atoms with Gasteiger partial charge in [-0.3, -0.25) is 0 Å². The first-order chi connectivity index (χ1) is 9.13. The van der Waals surface area contributed by atoms with Crippen molar-refractivity contribution in [2.75, 3.05) is 37.8 Å². The van der Waals surface area contributed by atoms with Gasteiger partial charge in [0.1, 0.15) is 4.99 Å². The molecule has 0 aliphatic carbocycles. The van der Waals surface area contributed by atoms with E-state index in [1.54, 1.807) is 11.8 Å². The van der Waals surface area contributed by atoms with Crippen LogP contribution in [-0.4, -0.2) is 42.3 Å². The third-order valence-electron chi connectivity index (χ3n) is 3.13. The maximum atomic E-state index is 5.84. The monoisotopic (exact) mass is 297 g/mol. The van der Waals surface area contributed by atoms with Crippen molar-refractivity contribution >= 4 is 34.7 Å². The topological polar surface area (TPSA) is 41.3 Å². The molecule has 19 heavy (non-hydrogen) atoms. The summed E-state index contributed by atoms with van der Waals surface area (Å²) in [6.45, 7) is 8.43. The Bertz CT molecular complexity index is 417. The Hall–Kier alpha value is -0.780. The molecule has 1 aromatic carbocycles. The number of anilines is 1. The summed E-state index contributed by atoms with van der Waals surface area (Å²) in [5, 5.41) is 3.45. The van der Waals surface area contributed by atoms with Crippen LogP contribution in [0.4, 0.5) is 5.69 Å². The zero-order valence-corrected chi connectivity index (χ0v) is 13.5. The van der Waals surface area contributed by atoms with Gasteiger partial charge in [0.05, 0.1) is 0 Å². The van der Waals surface area contributed by atoms with Gasteiger partial charge in [0.25, 0.3) is 0 Å². The Labute approximate surface area is 125 Å². The second-order valence-corrected chi connectivity index (χ2v) is 5.49. The second kappa shape index (κ2) is 8.40. The summed E-state index contributed by atoms with van der Waals surface area (Å²) in [6.07, 6.45) is 2.04. The molecule has 0 unspecified atom stereocenters. The second-order valence-electron chi connectivity index (χ2n) is 4.20. The minimum absolute atomic E-state index is 0.454. The molecule has 5 heteroatoms. The SMILES string of the molecule is CCN(CC)CCNc1cccc(SC)c1C(N)=S. The van der Waals surface area contributed by atoms with Crippen LogP contribution < -0.4 is 11.1 Å². The molecule has 0 aromatic heterocycles. The number of likely N-dealkylation sites (N-methyl/N-ethyl adjacent to an activating group) is 1. The quantitative estimate of drug-likeness (QED) is 0.570. The molecular formula is C14H23N3S2. The van der Waals surface area contributed by atoms with Crippen LogP contribution in [-0.2, 0) is 0 Å². The zero-order chi connectivity index (χ0) is 14.3. The van der Waals surface area contributed by atoms with Crippen LogP contribution in [0.15, 0.2) is 23.1 Å². The van der Waals surface area contributed by atoms with Crippen LogP contribution in [0.3, 0.4) is 0 Å². The highest BCUT2D eigenvalue weighted by atomic mass is 32.2. The standard InChI is InChI=1S/C14H23N3S2/c1-4-17(5-2)10-9-16-11-7-6-8-12(19-3)13(11)14(15)18/h6-8,16H,4-5,9-10H2,1-3H3,(H2,15,18). The van der Waals surface area contributed by atoms with Crippen LogP contribution in [0.5, 0.6) is 0 Å². The fourth-order valence-corrected chi connectivity index (χ4v) is 2.91. The average Bonchev–Trinajstić information content (AvgIpc) is 2.42. The summed E-state index contributed by atoms with van der Waals surface area (Å²) in [5.74, 6) is 0. The maximum absolute atomic E-state index is 5.84. The summed E-state index contributed by atoms with van der Waals surface area (Å²) < 4.78 is 0.